The summed E-state index contributed by atoms with van der Waals surface area (Å²) in [5.41, 5.74) is 7.09. The molecule has 0 fully saturated rings. The molecule has 2 aromatic rings. The van der Waals surface area contributed by atoms with Crippen molar-refractivity contribution in [3.8, 4) is 5.69 Å². The van der Waals surface area contributed by atoms with Crippen molar-refractivity contribution in [3.63, 3.8) is 0 Å². The summed E-state index contributed by atoms with van der Waals surface area (Å²) in [5.74, 6) is 0.380. The van der Waals surface area contributed by atoms with Crippen molar-refractivity contribution in [3.05, 3.63) is 46.1 Å². The van der Waals surface area contributed by atoms with E-state index in [2.05, 4.69) is 5.10 Å². The average Bonchev–Trinajstić information content (AvgIpc) is 2.65. The Balaban J connectivity index is 2.55. The van der Waals surface area contributed by atoms with E-state index in [9.17, 15) is 10.1 Å². The number of anilines is 1. The molecule has 16 heavy (non-hydrogen) atoms. The molecular weight excluding hydrogens is 208 g/mol. The molecule has 0 unspecified atom stereocenters. The number of benzene rings is 1. The first-order valence-electron chi connectivity index (χ1n) is 4.64. The minimum absolute atomic E-state index is 0.0367. The molecule has 2 rings (SSSR count). The fourth-order valence-electron chi connectivity index (χ4n) is 1.43. The Morgan fingerprint density at radius 3 is 2.75 bits per heavy atom. The highest BCUT2D eigenvalue weighted by atomic mass is 16.6. The minimum Gasteiger partial charge on any atom is -0.382 e. The van der Waals surface area contributed by atoms with E-state index in [1.807, 2.05) is 6.92 Å². The Bertz CT molecular complexity index is 548. The van der Waals surface area contributed by atoms with E-state index in [-0.39, 0.29) is 5.69 Å². The van der Waals surface area contributed by atoms with Gasteiger partial charge in [0, 0.05) is 24.4 Å². The SMILES string of the molecule is Cc1ccc([N+](=O)[O-])cc1-n1ccc(N)n1. The first kappa shape index (κ1) is 10.2. The van der Waals surface area contributed by atoms with Crippen LogP contribution in [0.15, 0.2) is 30.5 Å². The van der Waals surface area contributed by atoms with Gasteiger partial charge in [-0.25, -0.2) is 4.68 Å². The molecule has 6 nitrogen and oxygen atoms in total. The molecule has 0 atom stereocenters. The van der Waals surface area contributed by atoms with E-state index in [4.69, 9.17) is 5.73 Å². The summed E-state index contributed by atoms with van der Waals surface area (Å²) in [4.78, 5) is 10.2. The van der Waals surface area contributed by atoms with Crippen LogP contribution in [0.3, 0.4) is 0 Å². The van der Waals surface area contributed by atoms with Crippen molar-refractivity contribution in [2.24, 2.45) is 0 Å². The van der Waals surface area contributed by atoms with Gasteiger partial charge < -0.3 is 5.73 Å². The van der Waals surface area contributed by atoms with Gasteiger partial charge in [-0.05, 0) is 12.5 Å². The van der Waals surface area contributed by atoms with Crippen LogP contribution in [-0.4, -0.2) is 14.7 Å². The number of nitro groups is 1. The number of rotatable bonds is 2. The van der Waals surface area contributed by atoms with Crippen LogP contribution >= 0.6 is 0 Å². The molecule has 1 aromatic carbocycles. The quantitative estimate of drug-likeness (QED) is 0.613. The highest BCUT2D eigenvalue weighted by Gasteiger charge is 2.10. The van der Waals surface area contributed by atoms with Gasteiger partial charge in [0.2, 0.25) is 0 Å². The maximum Gasteiger partial charge on any atom is 0.271 e. The van der Waals surface area contributed by atoms with Gasteiger partial charge in [0.25, 0.3) is 5.69 Å². The minimum atomic E-state index is -0.435. The first-order valence-corrected chi connectivity index (χ1v) is 4.64. The fraction of sp³-hybridized carbons (Fsp3) is 0.100. The molecule has 6 heteroatoms. The van der Waals surface area contributed by atoms with E-state index in [0.717, 1.165) is 5.56 Å². The summed E-state index contributed by atoms with van der Waals surface area (Å²) in [7, 11) is 0. The smallest absolute Gasteiger partial charge is 0.271 e. The Labute approximate surface area is 91.5 Å². The second kappa shape index (κ2) is 3.65. The van der Waals surface area contributed by atoms with E-state index < -0.39 is 4.92 Å². The van der Waals surface area contributed by atoms with Crippen LogP contribution in [0.5, 0.6) is 0 Å². The van der Waals surface area contributed by atoms with Crippen LogP contribution in [0.4, 0.5) is 11.5 Å². The second-order valence-electron chi connectivity index (χ2n) is 3.41. The zero-order valence-electron chi connectivity index (χ0n) is 8.62. The van der Waals surface area contributed by atoms with Crippen molar-refractivity contribution in [2.45, 2.75) is 6.92 Å². The molecule has 0 aliphatic rings. The highest BCUT2D eigenvalue weighted by molar-refractivity contribution is 5.49. The van der Waals surface area contributed by atoms with Gasteiger partial charge in [-0.3, -0.25) is 10.1 Å². The van der Waals surface area contributed by atoms with Gasteiger partial charge >= 0.3 is 0 Å². The summed E-state index contributed by atoms with van der Waals surface area (Å²) in [6, 6.07) is 6.26. The van der Waals surface area contributed by atoms with Crippen molar-refractivity contribution >= 4 is 11.5 Å². The number of nitrogens with two attached hydrogens (primary N) is 1. The topological polar surface area (TPSA) is 87.0 Å². The Kier molecular flexibility index (Phi) is 2.32. The van der Waals surface area contributed by atoms with E-state index in [0.29, 0.717) is 11.5 Å². The van der Waals surface area contributed by atoms with Gasteiger partial charge in [0.1, 0.15) is 5.82 Å². The van der Waals surface area contributed by atoms with Crippen LogP contribution in [0, 0.1) is 17.0 Å². The second-order valence-corrected chi connectivity index (χ2v) is 3.41. The van der Waals surface area contributed by atoms with Crippen LogP contribution < -0.4 is 5.73 Å². The number of aromatic nitrogens is 2. The van der Waals surface area contributed by atoms with Crippen molar-refractivity contribution in [1.29, 1.82) is 0 Å². The van der Waals surface area contributed by atoms with Gasteiger partial charge in [0.05, 0.1) is 10.6 Å². The van der Waals surface area contributed by atoms with E-state index >= 15 is 0 Å². The lowest BCUT2D eigenvalue weighted by Gasteiger charge is -2.04. The number of non-ortho nitro benzene ring substituents is 1. The van der Waals surface area contributed by atoms with Crippen molar-refractivity contribution < 1.29 is 4.92 Å². The van der Waals surface area contributed by atoms with E-state index in [1.54, 1.807) is 18.3 Å². The summed E-state index contributed by atoms with van der Waals surface area (Å²) < 4.78 is 1.53. The third-order valence-electron chi connectivity index (χ3n) is 2.26. The highest BCUT2D eigenvalue weighted by Crippen LogP contribution is 2.20. The molecule has 2 N–H and O–H groups in total. The lowest BCUT2D eigenvalue weighted by Crippen LogP contribution is -2.00. The molecule has 0 radical (unpaired) electrons. The number of aryl methyl sites for hydroxylation is 1. The molecule has 0 aliphatic heterocycles. The van der Waals surface area contributed by atoms with Crippen molar-refractivity contribution in [2.75, 3.05) is 5.73 Å². The largest absolute Gasteiger partial charge is 0.382 e. The van der Waals surface area contributed by atoms with Gasteiger partial charge in [0.15, 0.2) is 0 Å². The molecule has 0 saturated carbocycles. The van der Waals surface area contributed by atoms with Gasteiger partial charge in [-0.15, -0.1) is 0 Å². The van der Waals surface area contributed by atoms with Crippen LogP contribution in [0.1, 0.15) is 5.56 Å². The van der Waals surface area contributed by atoms with Gasteiger partial charge in [-0.1, -0.05) is 6.07 Å². The molecular formula is C10H10N4O2. The monoisotopic (exact) mass is 218 g/mol. The number of nitrogens with zero attached hydrogens (tertiary/aromatic N) is 3. The third kappa shape index (κ3) is 1.72. The number of nitrogen functional groups attached to an aromatic ring is 1. The summed E-state index contributed by atoms with van der Waals surface area (Å²) in [6.45, 7) is 1.86. The Morgan fingerprint density at radius 2 is 2.19 bits per heavy atom. The lowest BCUT2D eigenvalue weighted by atomic mass is 10.2. The average molecular weight is 218 g/mol. The fourth-order valence-corrected chi connectivity index (χ4v) is 1.43. The zero-order chi connectivity index (χ0) is 11.7. The number of nitro benzene ring substituents is 1. The van der Waals surface area contributed by atoms with Crippen LogP contribution in [0.2, 0.25) is 0 Å². The van der Waals surface area contributed by atoms with Crippen molar-refractivity contribution in [1.82, 2.24) is 9.78 Å². The van der Waals surface area contributed by atoms with Crippen LogP contribution in [-0.2, 0) is 0 Å². The molecule has 0 bridgehead atoms. The molecule has 0 saturated heterocycles. The predicted octanol–water partition coefficient (Wildman–Crippen LogP) is 1.67. The summed E-state index contributed by atoms with van der Waals surface area (Å²) >= 11 is 0. The van der Waals surface area contributed by atoms with E-state index in [1.165, 1.54) is 16.8 Å². The zero-order valence-corrected chi connectivity index (χ0v) is 8.62. The normalized spacial score (nSPS) is 10.3. The molecule has 0 aliphatic carbocycles. The molecule has 0 spiro atoms. The summed E-state index contributed by atoms with van der Waals surface area (Å²) in [6.07, 6.45) is 1.67. The lowest BCUT2D eigenvalue weighted by molar-refractivity contribution is -0.384. The Morgan fingerprint density at radius 1 is 1.44 bits per heavy atom. The standard InChI is InChI=1S/C10H10N4O2/c1-7-2-3-8(14(15)16)6-9(7)13-5-4-10(11)12-13/h2-6H,1H3,(H2,11,12). The molecule has 0 amide bonds. The summed E-state index contributed by atoms with van der Waals surface area (Å²) in [5, 5.41) is 14.7. The Hall–Kier alpha value is -2.37. The molecule has 82 valence electrons. The number of hydrogen-bond donors (Lipinski definition) is 1. The maximum atomic E-state index is 10.7. The van der Waals surface area contributed by atoms with Crippen LogP contribution in [0.25, 0.3) is 5.69 Å². The molecule has 1 heterocycles. The first-order chi connectivity index (χ1) is 7.58. The maximum absolute atomic E-state index is 10.7. The number of hydrogen-bond acceptors (Lipinski definition) is 4. The molecule has 1 aromatic heterocycles. The van der Waals surface area contributed by atoms with Gasteiger partial charge in [-0.2, -0.15) is 5.10 Å². The predicted molar refractivity (Wildman–Crippen MR) is 59.4 cm³/mol. The third-order valence-corrected chi connectivity index (χ3v) is 2.26.